The molecule has 0 radical (unpaired) electrons. The average Bonchev–Trinajstić information content (AvgIpc) is 3.84. The lowest BCUT2D eigenvalue weighted by molar-refractivity contribution is -0.112. The van der Waals surface area contributed by atoms with Crippen molar-refractivity contribution in [3.63, 3.8) is 0 Å². The van der Waals surface area contributed by atoms with Gasteiger partial charge in [0.2, 0.25) is 5.91 Å². The topological polar surface area (TPSA) is 117 Å². The van der Waals surface area contributed by atoms with E-state index in [1.807, 2.05) is 115 Å². The zero-order chi connectivity index (χ0) is 39.1. The number of nitrogens with one attached hydrogen (secondary N) is 1. The minimum atomic E-state index is -0.901. The smallest absolute Gasteiger partial charge is 0.358 e. The Labute approximate surface area is 326 Å². The Hall–Kier alpha value is -6.94. The summed E-state index contributed by atoms with van der Waals surface area (Å²) in [5.74, 6) is 0.539. The number of ether oxygens (including phenoxy) is 1. The van der Waals surface area contributed by atoms with Gasteiger partial charge in [-0.15, -0.1) is 5.10 Å². The van der Waals surface area contributed by atoms with E-state index in [0.29, 0.717) is 24.6 Å². The van der Waals surface area contributed by atoms with E-state index in [9.17, 15) is 9.59 Å². The highest BCUT2D eigenvalue weighted by molar-refractivity contribution is 6.03. The molecule has 0 saturated carbocycles. The summed E-state index contributed by atoms with van der Waals surface area (Å²) in [6.07, 6.45) is 2.02. The van der Waals surface area contributed by atoms with E-state index in [1.165, 1.54) is 6.08 Å². The van der Waals surface area contributed by atoms with Gasteiger partial charge in [0.25, 0.3) is 0 Å². The van der Waals surface area contributed by atoms with Crippen LogP contribution in [0, 0.1) is 0 Å². The number of hydrogen-bond donors (Lipinski definition) is 1. The fourth-order valence-corrected chi connectivity index (χ4v) is 7.24. The molecular formula is C46H43N7O3. The molecule has 0 aliphatic rings. The van der Waals surface area contributed by atoms with Gasteiger partial charge in [-0.1, -0.05) is 152 Å². The molecule has 0 aliphatic heterocycles. The number of aromatic nitrogens is 6. The molecule has 10 nitrogen and oxygen atoms in total. The number of allylic oxidation sites excluding steroid dienone is 1. The Kier molecular flexibility index (Phi) is 11.1. The van der Waals surface area contributed by atoms with Gasteiger partial charge in [0.05, 0.1) is 6.61 Å². The first-order chi connectivity index (χ1) is 27.3. The Morgan fingerprint density at radius 1 is 0.732 bits per heavy atom. The number of imidazole rings is 1. The number of tetrazole rings is 1. The van der Waals surface area contributed by atoms with Crippen LogP contribution in [0.2, 0.25) is 0 Å². The number of benzene rings is 5. The largest absolute Gasteiger partial charge is 0.461 e. The third kappa shape index (κ3) is 7.29. The molecule has 2 aromatic heterocycles. The lowest BCUT2D eigenvalue weighted by atomic mass is 9.77. The van der Waals surface area contributed by atoms with Gasteiger partial charge < -0.3 is 14.6 Å². The zero-order valence-electron chi connectivity index (χ0n) is 31.9. The highest BCUT2D eigenvalue weighted by Crippen LogP contribution is 2.43. The van der Waals surface area contributed by atoms with Gasteiger partial charge in [0.1, 0.15) is 11.4 Å². The fraction of sp³-hybridized carbons (Fsp3) is 0.174. The van der Waals surface area contributed by atoms with Gasteiger partial charge in [-0.05, 0) is 64.6 Å². The standard InChI is InChI=1S/C46H43N7O3/c1-5-40-47-43(48-41(54)30-32(3)4)42(45(55)56-6-2)52(40)31-33-26-28-34(29-27-33)38-24-16-17-25-39(38)44-49-50-51-53(44)46(35-18-10-7-11-19-35,36-20-12-8-13-21-36)37-22-14-9-15-23-37/h7-30H,5-6,31H2,1-4H3,(H,48,54). The summed E-state index contributed by atoms with van der Waals surface area (Å²) in [6, 6.07) is 47.3. The number of amides is 1. The third-order valence-electron chi connectivity index (χ3n) is 9.63. The predicted octanol–water partition coefficient (Wildman–Crippen LogP) is 8.74. The van der Waals surface area contributed by atoms with Crippen LogP contribution in [0.5, 0.6) is 0 Å². The fourth-order valence-electron chi connectivity index (χ4n) is 7.24. The van der Waals surface area contributed by atoms with Gasteiger partial charge in [-0.25, -0.2) is 14.5 Å². The highest BCUT2D eigenvalue weighted by Gasteiger charge is 2.42. The van der Waals surface area contributed by atoms with Gasteiger partial charge in [0, 0.05) is 24.6 Å². The summed E-state index contributed by atoms with van der Waals surface area (Å²) in [6.45, 7) is 7.91. The molecule has 2 heterocycles. The summed E-state index contributed by atoms with van der Waals surface area (Å²) in [7, 11) is 0. The number of hydrogen-bond acceptors (Lipinski definition) is 7. The first-order valence-electron chi connectivity index (χ1n) is 18.7. The number of rotatable bonds is 13. The van der Waals surface area contributed by atoms with E-state index in [0.717, 1.165) is 44.5 Å². The van der Waals surface area contributed by atoms with Crippen LogP contribution in [0.1, 0.15) is 66.3 Å². The first kappa shape index (κ1) is 37.4. The molecular weight excluding hydrogens is 699 g/mol. The SMILES string of the molecule is CCOC(=O)c1c(NC(=O)C=C(C)C)nc(CC)n1Cc1ccc(-c2ccccc2-c2nnnn2C(c2ccccc2)(c2ccccc2)c2ccccc2)cc1. The number of nitrogens with zero attached hydrogens (tertiary/aromatic N) is 6. The Morgan fingerprint density at radius 2 is 1.29 bits per heavy atom. The number of esters is 1. The molecule has 0 saturated heterocycles. The van der Waals surface area contributed by atoms with Gasteiger partial charge in [-0.2, -0.15) is 0 Å². The monoisotopic (exact) mass is 741 g/mol. The number of aryl methyl sites for hydroxylation is 1. The van der Waals surface area contributed by atoms with E-state index < -0.39 is 11.5 Å². The molecule has 0 spiro atoms. The second-order valence-electron chi connectivity index (χ2n) is 13.6. The summed E-state index contributed by atoms with van der Waals surface area (Å²) >= 11 is 0. The molecule has 7 aromatic rings. The summed E-state index contributed by atoms with van der Waals surface area (Å²) < 4.78 is 9.19. The van der Waals surface area contributed by atoms with Crippen LogP contribution in [0.25, 0.3) is 22.5 Å². The second-order valence-corrected chi connectivity index (χ2v) is 13.6. The van der Waals surface area contributed by atoms with Crippen molar-refractivity contribution < 1.29 is 14.3 Å². The van der Waals surface area contributed by atoms with Crippen molar-refractivity contribution in [2.75, 3.05) is 11.9 Å². The Morgan fingerprint density at radius 3 is 1.82 bits per heavy atom. The van der Waals surface area contributed by atoms with Crippen LogP contribution in [-0.2, 0) is 28.0 Å². The van der Waals surface area contributed by atoms with Crippen molar-refractivity contribution in [2.45, 2.75) is 46.2 Å². The summed E-state index contributed by atoms with van der Waals surface area (Å²) in [5, 5.41) is 16.6. The molecule has 280 valence electrons. The predicted molar refractivity (Wildman–Crippen MR) is 218 cm³/mol. The molecule has 56 heavy (non-hydrogen) atoms. The average molecular weight is 742 g/mol. The maximum absolute atomic E-state index is 13.3. The maximum Gasteiger partial charge on any atom is 0.358 e. The first-order valence-corrected chi connectivity index (χ1v) is 18.7. The van der Waals surface area contributed by atoms with E-state index >= 15 is 0 Å². The number of anilines is 1. The quantitative estimate of drug-likeness (QED) is 0.0714. The van der Waals surface area contributed by atoms with Gasteiger partial charge >= 0.3 is 5.97 Å². The number of carbonyl (C=O) groups is 2. The highest BCUT2D eigenvalue weighted by atomic mass is 16.5. The van der Waals surface area contributed by atoms with E-state index in [2.05, 4.69) is 70.1 Å². The van der Waals surface area contributed by atoms with Crippen LogP contribution in [0.15, 0.2) is 151 Å². The molecule has 7 rings (SSSR count). The molecule has 5 aromatic carbocycles. The van der Waals surface area contributed by atoms with E-state index in [-0.39, 0.29) is 24.0 Å². The van der Waals surface area contributed by atoms with Crippen LogP contribution >= 0.6 is 0 Å². The lowest BCUT2D eigenvalue weighted by Gasteiger charge is -2.36. The van der Waals surface area contributed by atoms with E-state index in [4.69, 9.17) is 15.0 Å². The lowest BCUT2D eigenvalue weighted by Crippen LogP contribution is -2.39. The zero-order valence-corrected chi connectivity index (χ0v) is 31.9. The van der Waals surface area contributed by atoms with Crippen LogP contribution in [-0.4, -0.2) is 48.2 Å². The van der Waals surface area contributed by atoms with Crippen LogP contribution in [0.4, 0.5) is 5.82 Å². The number of carbonyl (C=O) groups excluding carboxylic acids is 2. The van der Waals surface area contributed by atoms with Crippen molar-refractivity contribution in [1.29, 1.82) is 0 Å². The molecule has 10 heteroatoms. The molecule has 0 unspecified atom stereocenters. The molecule has 1 N–H and O–H groups in total. The summed E-state index contributed by atoms with van der Waals surface area (Å²) in [4.78, 5) is 30.7. The minimum absolute atomic E-state index is 0.184. The summed E-state index contributed by atoms with van der Waals surface area (Å²) in [5.41, 5.74) is 6.89. The van der Waals surface area contributed by atoms with Crippen molar-refractivity contribution in [3.8, 4) is 22.5 Å². The normalized spacial score (nSPS) is 11.2. The Bertz CT molecular complexity index is 2370. The third-order valence-corrected chi connectivity index (χ3v) is 9.63. The van der Waals surface area contributed by atoms with Crippen LogP contribution in [0.3, 0.4) is 0 Å². The van der Waals surface area contributed by atoms with E-state index in [1.54, 1.807) is 6.92 Å². The Balaban J connectivity index is 1.30. The van der Waals surface area contributed by atoms with Crippen molar-refractivity contribution in [2.24, 2.45) is 0 Å². The van der Waals surface area contributed by atoms with Crippen LogP contribution < -0.4 is 5.32 Å². The molecule has 0 fully saturated rings. The second kappa shape index (κ2) is 16.6. The van der Waals surface area contributed by atoms with Gasteiger partial charge in [0.15, 0.2) is 17.3 Å². The molecule has 0 bridgehead atoms. The van der Waals surface area contributed by atoms with Crippen molar-refractivity contribution in [3.05, 3.63) is 185 Å². The minimum Gasteiger partial charge on any atom is -0.461 e. The van der Waals surface area contributed by atoms with Gasteiger partial charge in [-0.3, -0.25) is 4.79 Å². The molecule has 0 atom stereocenters. The maximum atomic E-state index is 13.3. The van der Waals surface area contributed by atoms with Crippen molar-refractivity contribution >= 4 is 17.7 Å². The molecule has 0 aliphatic carbocycles. The van der Waals surface area contributed by atoms with Crippen molar-refractivity contribution in [1.82, 2.24) is 29.8 Å². The molecule has 1 amide bonds.